The maximum atomic E-state index is 13.3. The zero-order chi connectivity index (χ0) is 12.9. The predicted octanol–water partition coefficient (Wildman–Crippen LogP) is 1.68. The number of rotatable bonds is 6. The molecule has 0 saturated carbocycles. The highest BCUT2D eigenvalue weighted by Gasteiger charge is 2.10. The molecular weight excluding hydrogens is 261 g/mol. The standard InChI is InChI=1S/C11H16FNO2S2/c1-17(14,15)7-6-9(13)8-16-11-5-3-2-4-10(11)12/h2-5,9H,6-8,13H2,1H3. The van der Waals surface area contributed by atoms with Crippen LogP contribution in [0.1, 0.15) is 6.42 Å². The summed E-state index contributed by atoms with van der Waals surface area (Å²) in [6, 6.07) is 6.22. The number of halogens is 1. The molecule has 0 fully saturated rings. The van der Waals surface area contributed by atoms with Gasteiger partial charge in [0.1, 0.15) is 15.7 Å². The summed E-state index contributed by atoms with van der Waals surface area (Å²) >= 11 is 1.31. The van der Waals surface area contributed by atoms with Crippen LogP contribution in [0.5, 0.6) is 0 Å². The summed E-state index contributed by atoms with van der Waals surface area (Å²) in [7, 11) is -2.97. The van der Waals surface area contributed by atoms with E-state index in [-0.39, 0.29) is 17.6 Å². The molecule has 96 valence electrons. The van der Waals surface area contributed by atoms with Crippen LogP contribution in [0.15, 0.2) is 29.2 Å². The van der Waals surface area contributed by atoms with Gasteiger partial charge in [0.25, 0.3) is 0 Å². The van der Waals surface area contributed by atoms with Crippen LogP contribution in [-0.4, -0.2) is 32.2 Å². The van der Waals surface area contributed by atoms with Crippen LogP contribution < -0.4 is 5.73 Å². The fourth-order valence-electron chi connectivity index (χ4n) is 1.21. The molecule has 17 heavy (non-hydrogen) atoms. The highest BCUT2D eigenvalue weighted by Crippen LogP contribution is 2.21. The van der Waals surface area contributed by atoms with Gasteiger partial charge in [0.05, 0.1) is 5.75 Å². The molecule has 1 aromatic carbocycles. The van der Waals surface area contributed by atoms with Crippen molar-refractivity contribution in [3.63, 3.8) is 0 Å². The fraction of sp³-hybridized carbons (Fsp3) is 0.455. The summed E-state index contributed by atoms with van der Waals surface area (Å²) in [5.41, 5.74) is 5.77. The summed E-state index contributed by atoms with van der Waals surface area (Å²) in [6.07, 6.45) is 1.59. The van der Waals surface area contributed by atoms with Gasteiger partial charge < -0.3 is 5.73 Å². The lowest BCUT2D eigenvalue weighted by molar-refractivity contribution is 0.592. The van der Waals surface area contributed by atoms with E-state index in [1.165, 1.54) is 24.1 Å². The van der Waals surface area contributed by atoms with Crippen molar-refractivity contribution in [1.29, 1.82) is 0 Å². The van der Waals surface area contributed by atoms with E-state index >= 15 is 0 Å². The molecule has 0 saturated heterocycles. The third-order valence-electron chi connectivity index (χ3n) is 2.15. The molecule has 0 amide bonds. The van der Waals surface area contributed by atoms with Crippen LogP contribution in [0.2, 0.25) is 0 Å². The second-order valence-corrected chi connectivity index (χ2v) is 7.24. The Morgan fingerprint density at radius 2 is 2.06 bits per heavy atom. The molecule has 0 aliphatic heterocycles. The second kappa shape index (κ2) is 6.37. The first-order valence-corrected chi connectivity index (χ1v) is 8.24. The molecule has 0 aliphatic carbocycles. The largest absolute Gasteiger partial charge is 0.327 e. The highest BCUT2D eigenvalue weighted by molar-refractivity contribution is 7.99. The Bertz CT molecular complexity index is 462. The Labute approximate surface area is 106 Å². The summed E-state index contributed by atoms with van der Waals surface area (Å²) < 4.78 is 35.1. The van der Waals surface area contributed by atoms with Crippen molar-refractivity contribution in [3.8, 4) is 0 Å². The van der Waals surface area contributed by atoms with Crippen LogP contribution in [0.4, 0.5) is 4.39 Å². The van der Waals surface area contributed by atoms with Crippen LogP contribution in [0.3, 0.4) is 0 Å². The van der Waals surface area contributed by atoms with Gasteiger partial charge in [-0.3, -0.25) is 0 Å². The Morgan fingerprint density at radius 1 is 1.41 bits per heavy atom. The van der Waals surface area contributed by atoms with Crippen LogP contribution in [0, 0.1) is 5.82 Å². The molecule has 0 aromatic heterocycles. The van der Waals surface area contributed by atoms with Crippen LogP contribution >= 0.6 is 11.8 Å². The zero-order valence-corrected chi connectivity index (χ0v) is 11.2. The molecule has 0 heterocycles. The predicted molar refractivity (Wildman–Crippen MR) is 69.4 cm³/mol. The van der Waals surface area contributed by atoms with Crippen molar-refractivity contribution in [2.45, 2.75) is 17.4 Å². The molecule has 0 radical (unpaired) electrons. The van der Waals surface area contributed by atoms with Gasteiger partial charge in [0, 0.05) is 22.9 Å². The number of hydrogen-bond acceptors (Lipinski definition) is 4. The number of thioether (sulfide) groups is 1. The molecule has 6 heteroatoms. The molecule has 1 rings (SSSR count). The molecule has 2 N–H and O–H groups in total. The summed E-state index contributed by atoms with van der Waals surface area (Å²) in [6.45, 7) is 0. The number of nitrogens with two attached hydrogens (primary N) is 1. The monoisotopic (exact) mass is 277 g/mol. The zero-order valence-electron chi connectivity index (χ0n) is 9.60. The molecule has 1 unspecified atom stereocenters. The van der Waals surface area contributed by atoms with Crippen molar-refractivity contribution in [3.05, 3.63) is 30.1 Å². The first kappa shape index (κ1) is 14.5. The van der Waals surface area contributed by atoms with Gasteiger partial charge in [0.2, 0.25) is 0 Å². The minimum absolute atomic E-state index is 0.0754. The van der Waals surface area contributed by atoms with Crippen LogP contribution in [0.25, 0.3) is 0 Å². The summed E-state index contributed by atoms with van der Waals surface area (Å²) in [4.78, 5) is 0.544. The van der Waals surface area contributed by atoms with E-state index < -0.39 is 9.84 Å². The quantitative estimate of drug-likeness (QED) is 0.804. The van der Waals surface area contributed by atoms with Gasteiger partial charge in [-0.05, 0) is 18.6 Å². The molecule has 0 bridgehead atoms. The fourth-order valence-corrected chi connectivity index (χ4v) is 2.88. The molecule has 1 atom stereocenters. The lowest BCUT2D eigenvalue weighted by atomic mass is 10.3. The third-order valence-corrected chi connectivity index (χ3v) is 4.36. The summed E-state index contributed by atoms with van der Waals surface area (Å²) in [5, 5.41) is 0. The van der Waals surface area contributed by atoms with E-state index in [2.05, 4.69) is 0 Å². The second-order valence-electron chi connectivity index (χ2n) is 3.92. The van der Waals surface area contributed by atoms with E-state index in [9.17, 15) is 12.8 Å². The maximum absolute atomic E-state index is 13.3. The van der Waals surface area contributed by atoms with E-state index in [1.54, 1.807) is 18.2 Å². The van der Waals surface area contributed by atoms with Crippen molar-refractivity contribution < 1.29 is 12.8 Å². The van der Waals surface area contributed by atoms with E-state index in [1.807, 2.05) is 0 Å². The topological polar surface area (TPSA) is 60.2 Å². The van der Waals surface area contributed by atoms with Gasteiger partial charge in [0.15, 0.2) is 0 Å². The average molecular weight is 277 g/mol. The van der Waals surface area contributed by atoms with Crippen molar-refractivity contribution >= 4 is 21.6 Å². The molecule has 3 nitrogen and oxygen atoms in total. The van der Waals surface area contributed by atoms with Gasteiger partial charge in [-0.25, -0.2) is 12.8 Å². The van der Waals surface area contributed by atoms with E-state index in [4.69, 9.17) is 5.73 Å². The maximum Gasteiger partial charge on any atom is 0.147 e. The Kier molecular flexibility index (Phi) is 5.42. The Balaban J connectivity index is 2.39. The normalized spacial score (nSPS) is 13.6. The van der Waals surface area contributed by atoms with Gasteiger partial charge in [-0.2, -0.15) is 0 Å². The Morgan fingerprint density at radius 3 is 2.65 bits per heavy atom. The SMILES string of the molecule is CS(=O)(=O)CCC(N)CSc1ccccc1F. The van der Waals surface area contributed by atoms with E-state index in [0.717, 1.165) is 0 Å². The first-order valence-electron chi connectivity index (χ1n) is 5.19. The van der Waals surface area contributed by atoms with Crippen molar-refractivity contribution in [2.75, 3.05) is 17.8 Å². The lowest BCUT2D eigenvalue weighted by Gasteiger charge is -2.10. The first-order chi connectivity index (χ1) is 7.88. The summed E-state index contributed by atoms with van der Waals surface area (Å²) in [5.74, 6) is 0.315. The molecule has 0 aliphatic rings. The van der Waals surface area contributed by atoms with E-state index in [0.29, 0.717) is 17.1 Å². The number of benzene rings is 1. The number of hydrogen-bond donors (Lipinski definition) is 1. The number of sulfone groups is 1. The smallest absolute Gasteiger partial charge is 0.147 e. The van der Waals surface area contributed by atoms with Crippen molar-refractivity contribution in [1.82, 2.24) is 0 Å². The van der Waals surface area contributed by atoms with Crippen LogP contribution in [-0.2, 0) is 9.84 Å². The minimum atomic E-state index is -2.97. The highest BCUT2D eigenvalue weighted by atomic mass is 32.2. The van der Waals surface area contributed by atoms with Gasteiger partial charge in [-0.15, -0.1) is 11.8 Å². The van der Waals surface area contributed by atoms with Gasteiger partial charge in [-0.1, -0.05) is 12.1 Å². The molecule has 1 aromatic rings. The lowest BCUT2D eigenvalue weighted by Crippen LogP contribution is -2.25. The Hall–Kier alpha value is -0.590. The third kappa shape index (κ3) is 6.05. The molecular formula is C11H16FNO2S2. The average Bonchev–Trinajstić information content (AvgIpc) is 2.24. The van der Waals surface area contributed by atoms with Gasteiger partial charge >= 0.3 is 0 Å². The van der Waals surface area contributed by atoms with Crippen molar-refractivity contribution in [2.24, 2.45) is 5.73 Å². The minimum Gasteiger partial charge on any atom is -0.327 e. The molecule has 0 spiro atoms.